The van der Waals surface area contributed by atoms with E-state index in [0.717, 1.165) is 4.90 Å². The van der Waals surface area contributed by atoms with Gasteiger partial charge in [0.1, 0.15) is 5.82 Å². The predicted molar refractivity (Wildman–Crippen MR) is 117 cm³/mol. The number of amides is 3. The minimum Gasteiger partial charge on any atom is -0.286 e. The quantitative estimate of drug-likeness (QED) is 0.271. The zero-order chi connectivity index (χ0) is 24.4. The molecule has 0 aromatic heterocycles. The second-order valence-corrected chi connectivity index (χ2v) is 10.9. The summed E-state index contributed by atoms with van der Waals surface area (Å²) in [5.41, 5.74) is 0.863. The Morgan fingerprint density at radius 1 is 1.03 bits per heavy atom. The summed E-state index contributed by atoms with van der Waals surface area (Å²) in [7, 11) is -4.00. The van der Waals surface area contributed by atoms with Gasteiger partial charge in [0, 0.05) is 12.8 Å². The maximum atomic E-state index is 13.1. The number of nitrogens with zero attached hydrogens (tertiary/aromatic N) is 2. The molecule has 2 aromatic carbocycles. The van der Waals surface area contributed by atoms with E-state index >= 15 is 0 Å². The number of hydrogen-bond acceptors (Lipinski definition) is 6. The summed E-state index contributed by atoms with van der Waals surface area (Å²) in [6, 6.07) is 10.2. The molecule has 0 saturated carbocycles. The molecule has 1 N–H and O–H groups in total. The molecule has 176 valence electrons. The van der Waals surface area contributed by atoms with Gasteiger partial charge >= 0.3 is 0 Å². The van der Waals surface area contributed by atoms with Crippen LogP contribution in [0.25, 0.3) is 11.1 Å². The summed E-state index contributed by atoms with van der Waals surface area (Å²) >= 11 is 0. The highest BCUT2D eigenvalue weighted by Crippen LogP contribution is 2.32. The van der Waals surface area contributed by atoms with Crippen molar-refractivity contribution in [3.63, 3.8) is 0 Å². The van der Waals surface area contributed by atoms with Crippen molar-refractivity contribution in [3.05, 3.63) is 54.3 Å². The fourth-order valence-corrected chi connectivity index (χ4v) is 5.28. The molecule has 1 fully saturated rings. The normalized spacial score (nSPS) is 17.0. The molecule has 1 atom stereocenters. The summed E-state index contributed by atoms with van der Waals surface area (Å²) in [6.45, 7) is 3.12. The topological polar surface area (TPSA) is 112 Å². The van der Waals surface area contributed by atoms with Crippen molar-refractivity contribution in [2.75, 3.05) is 12.3 Å². The Hall–Kier alpha value is -3.11. The van der Waals surface area contributed by atoms with Gasteiger partial charge < -0.3 is 0 Å². The summed E-state index contributed by atoms with van der Waals surface area (Å²) < 4.78 is 39.1. The van der Waals surface area contributed by atoms with Crippen LogP contribution >= 0.6 is 0 Å². The van der Waals surface area contributed by atoms with Crippen molar-refractivity contribution in [2.45, 2.75) is 37.6 Å². The Bertz CT molecular complexity index is 1130. The van der Waals surface area contributed by atoms with E-state index in [-0.39, 0.29) is 35.0 Å². The molecule has 33 heavy (non-hydrogen) atoms. The van der Waals surface area contributed by atoms with Crippen LogP contribution in [-0.2, 0) is 24.2 Å². The van der Waals surface area contributed by atoms with E-state index in [1.165, 1.54) is 24.3 Å². The van der Waals surface area contributed by atoms with E-state index < -0.39 is 45.4 Å². The predicted octanol–water partition coefficient (Wildman–Crippen LogP) is 2.66. The van der Waals surface area contributed by atoms with Crippen LogP contribution in [-0.4, -0.2) is 60.2 Å². The number of hydrogen-bond donors (Lipinski definition) is 1. The van der Waals surface area contributed by atoms with Gasteiger partial charge in [0.25, 0.3) is 0 Å². The minimum atomic E-state index is -4.00. The summed E-state index contributed by atoms with van der Waals surface area (Å²) in [6.07, 6.45) is 0.228. The third-order valence-electron chi connectivity index (χ3n) is 5.54. The number of carbonyl (C=O) groups is 3. The lowest BCUT2D eigenvalue weighted by molar-refractivity contribution is -0.166. The highest BCUT2D eigenvalue weighted by molar-refractivity contribution is 7.91. The molecule has 1 unspecified atom stereocenters. The van der Waals surface area contributed by atoms with Crippen LogP contribution in [0.4, 0.5) is 4.39 Å². The van der Waals surface area contributed by atoms with E-state index in [0.29, 0.717) is 11.1 Å². The van der Waals surface area contributed by atoms with E-state index in [4.69, 9.17) is 0 Å². The molecule has 10 heteroatoms. The van der Waals surface area contributed by atoms with Crippen molar-refractivity contribution in [2.24, 2.45) is 5.41 Å². The lowest BCUT2D eigenvalue weighted by Crippen LogP contribution is -2.53. The van der Waals surface area contributed by atoms with E-state index in [9.17, 15) is 32.4 Å². The first-order valence-corrected chi connectivity index (χ1v) is 11.9. The molecule has 1 heterocycles. The Labute approximate surface area is 191 Å². The van der Waals surface area contributed by atoms with E-state index in [2.05, 4.69) is 0 Å². The van der Waals surface area contributed by atoms with Crippen molar-refractivity contribution < 1.29 is 32.4 Å². The number of carbonyl (C=O) groups excluding carboxylic acids is 3. The first-order chi connectivity index (χ1) is 15.4. The van der Waals surface area contributed by atoms with Crippen molar-refractivity contribution >= 4 is 28.1 Å². The number of likely N-dealkylation sites (tertiary alicyclic amines) is 1. The van der Waals surface area contributed by atoms with Crippen LogP contribution < -0.4 is 0 Å². The Kier molecular flexibility index (Phi) is 6.99. The van der Waals surface area contributed by atoms with Crippen LogP contribution in [0.15, 0.2) is 53.4 Å². The van der Waals surface area contributed by atoms with Gasteiger partial charge in [0.05, 0.1) is 23.2 Å². The third-order valence-corrected chi connectivity index (χ3v) is 7.35. The van der Waals surface area contributed by atoms with Crippen LogP contribution in [0, 0.1) is 11.2 Å². The van der Waals surface area contributed by atoms with Gasteiger partial charge in [0.15, 0.2) is 9.84 Å². The number of hydroxylamine groups is 2. The molecule has 2 aromatic rings. The zero-order valence-electron chi connectivity index (χ0n) is 18.3. The summed E-state index contributed by atoms with van der Waals surface area (Å²) in [5.74, 6) is -2.05. The summed E-state index contributed by atoms with van der Waals surface area (Å²) in [5, 5.41) is 10.1. The van der Waals surface area contributed by atoms with Gasteiger partial charge in [-0.25, -0.2) is 17.9 Å². The molecule has 3 rings (SSSR count). The lowest BCUT2D eigenvalue weighted by Gasteiger charge is -2.37. The second-order valence-electron chi connectivity index (χ2n) is 8.87. The molecule has 8 nitrogen and oxygen atoms in total. The molecular weight excluding hydrogens is 451 g/mol. The van der Waals surface area contributed by atoms with Crippen LogP contribution in [0.5, 0.6) is 0 Å². The second kappa shape index (κ2) is 9.40. The maximum Gasteiger partial charge on any atom is 0.233 e. The average Bonchev–Trinajstić information content (AvgIpc) is 2.74. The number of sulfone groups is 1. The van der Waals surface area contributed by atoms with Gasteiger partial charge in [-0.3, -0.25) is 24.5 Å². The average molecular weight is 477 g/mol. The van der Waals surface area contributed by atoms with Crippen molar-refractivity contribution in [1.82, 2.24) is 9.96 Å². The van der Waals surface area contributed by atoms with E-state index in [1.54, 1.807) is 38.1 Å². The van der Waals surface area contributed by atoms with Crippen LogP contribution in [0.2, 0.25) is 0 Å². The van der Waals surface area contributed by atoms with Gasteiger partial charge in [-0.05, 0) is 40.8 Å². The highest BCUT2D eigenvalue weighted by Gasteiger charge is 2.39. The van der Waals surface area contributed by atoms with Gasteiger partial charge in [-0.1, -0.05) is 38.1 Å². The van der Waals surface area contributed by atoms with Gasteiger partial charge in [-0.15, -0.1) is 0 Å². The largest absolute Gasteiger partial charge is 0.286 e. The Balaban J connectivity index is 1.79. The smallest absolute Gasteiger partial charge is 0.233 e. The number of benzene rings is 2. The Morgan fingerprint density at radius 3 is 2.00 bits per heavy atom. The fourth-order valence-electron chi connectivity index (χ4n) is 3.77. The van der Waals surface area contributed by atoms with Gasteiger partial charge in [-0.2, -0.15) is 0 Å². The van der Waals surface area contributed by atoms with Gasteiger partial charge in [0.2, 0.25) is 18.2 Å². The standard InChI is InChI=1S/C23H25FN2O6S/c1-23(2)11-21(28)25(22(29)12-23)13-19(26(30)15-27)14-33(31,32)20-9-5-17(6-10-20)16-3-7-18(24)8-4-16/h3-10,15,19,30H,11-14H2,1-2H3. The number of imide groups is 1. The third kappa shape index (κ3) is 5.82. The zero-order valence-corrected chi connectivity index (χ0v) is 19.1. The molecule has 0 spiro atoms. The van der Waals surface area contributed by atoms with Crippen molar-refractivity contribution in [3.8, 4) is 11.1 Å². The maximum absolute atomic E-state index is 13.1. The summed E-state index contributed by atoms with van der Waals surface area (Å²) in [4.78, 5) is 36.9. The molecule has 1 aliphatic rings. The minimum absolute atomic E-state index is 0.0423. The molecule has 0 bridgehead atoms. The molecule has 1 aliphatic heterocycles. The first kappa shape index (κ1) is 24.5. The molecule has 1 saturated heterocycles. The first-order valence-electron chi connectivity index (χ1n) is 10.3. The van der Waals surface area contributed by atoms with Crippen LogP contribution in [0.3, 0.4) is 0 Å². The molecule has 0 radical (unpaired) electrons. The molecular formula is C23H25FN2O6S. The number of rotatable bonds is 8. The lowest BCUT2D eigenvalue weighted by atomic mass is 9.81. The van der Waals surface area contributed by atoms with E-state index in [1.807, 2.05) is 0 Å². The van der Waals surface area contributed by atoms with Crippen LogP contribution in [0.1, 0.15) is 26.7 Å². The SMILES string of the molecule is CC1(C)CC(=O)N(CC(CS(=O)(=O)c2ccc(-c3ccc(F)cc3)cc2)N(O)C=O)C(=O)C1. The Morgan fingerprint density at radius 2 is 1.52 bits per heavy atom. The fraction of sp³-hybridized carbons (Fsp3) is 0.348. The van der Waals surface area contributed by atoms with Crippen molar-refractivity contribution in [1.29, 1.82) is 0 Å². The number of halogens is 1. The molecule has 0 aliphatic carbocycles. The monoisotopic (exact) mass is 476 g/mol. The highest BCUT2D eigenvalue weighted by atomic mass is 32.2. The number of piperidine rings is 1. The molecule has 3 amide bonds.